The van der Waals surface area contributed by atoms with E-state index in [1.807, 2.05) is 0 Å². The summed E-state index contributed by atoms with van der Waals surface area (Å²) in [6.45, 7) is 0. The molecule has 0 bridgehead atoms. The number of amides is 5. The molecule has 16 heteroatoms. The van der Waals surface area contributed by atoms with Crippen molar-refractivity contribution in [2.45, 2.75) is 69.1 Å². The van der Waals surface area contributed by atoms with Crippen LogP contribution in [0.25, 0.3) is 0 Å². The zero-order valence-electron chi connectivity index (χ0n) is 21.5. The van der Waals surface area contributed by atoms with Crippen LogP contribution in [0.5, 0.6) is 5.75 Å². The summed E-state index contributed by atoms with van der Waals surface area (Å²) < 4.78 is 0. The lowest BCUT2D eigenvalue weighted by molar-refractivity contribution is -0.142. The van der Waals surface area contributed by atoms with Crippen LogP contribution in [0.15, 0.2) is 24.3 Å². The number of hydrogen-bond donors (Lipinski definition) is 9. The van der Waals surface area contributed by atoms with Gasteiger partial charge in [0.1, 0.15) is 23.9 Å². The van der Waals surface area contributed by atoms with Crippen LogP contribution >= 0.6 is 0 Å². The first-order valence-electron chi connectivity index (χ1n) is 12.1. The summed E-state index contributed by atoms with van der Waals surface area (Å²) in [4.78, 5) is 83.6. The van der Waals surface area contributed by atoms with Crippen LogP contribution in [0.4, 0.5) is 0 Å². The fourth-order valence-corrected chi connectivity index (χ4v) is 3.41. The number of phenols is 1. The average molecular weight is 567 g/mol. The van der Waals surface area contributed by atoms with Crippen molar-refractivity contribution in [1.82, 2.24) is 16.0 Å². The average Bonchev–Trinajstić information content (AvgIpc) is 2.87. The van der Waals surface area contributed by atoms with Crippen molar-refractivity contribution in [2.24, 2.45) is 17.2 Å². The van der Waals surface area contributed by atoms with E-state index in [1.54, 1.807) is 0 Å². The van der Waals surface area contributed by atoms with Gasteiger partial charge in [-0.3, -0.25) is 28.8 Å². The first-order valence-corrected chi connectivity index (χ1v) is 12.1. The van der Waals surface area contributed by atoms with Crippen molar-refractivity contribution in [3.63, 3.8) is 0 Å². The SMILES string of the molecule is NC(=O)CCC(N)C(=O)NC(CCC(=O)O)C(=O)NC(CCC(N)=O)C(=O)NC(Cc1ccc(O)cc1)C(=O)O. The van der Waals surface area contributed by atoms with Gasteiger partial charge in [-0.2, -0.15) is 0 Å². The summed E-state index contributed by atoms with van der Waals surface area (Å²) in [5.74, 6) is -7.14. The second-order valence-corrected chi connectivity index (χ2v) is 8.94. The fraction of sp³-hybridized carbons (Fsp3) is 0.458. The van der Waals surface area contributed by atoms with E-state index in [0.717, 1.165) is 0 Å². The molecule has 220 valence electrons. The van der Waals surface area contributed by atoms with Gasteiger partial charge in [0.15, 0.2) is 0 Å². The lowest BCUT2D eigenvalue weighted by atomic mass is 10.0. The molecule has 0 saturated carbocycles. The third-order valence-electron chi connectivity index (χ3n) is 5.62. The van der Waals surface area contributed by atoms with Crippen LogP contribution in [0, 0.1) is 0 Å². The Hall–Kier alpha value is -4.73. The molecule has 0 spiro atoms. The summed E-state index contributed by atoms with van der Waals surface area (Å²) in [5.41, 5.74) is 16.4. The maximum atomic E-state index is 13.0. The van der Waals surface area contributed by atoms with E-state index >= 15 is 0 Å². The highest BCUT2D eigenvalue weighted by Crippen LogP contribution is 2.12. The van der Waals surface area contributed by atoms with Gasteiger partial charge < -0.3 is 48.5 Å². The molecule has 5 amide bonds. The number of rotatable bonds is 18. The number of carbonyl (C=O) groups excluding carboxylic acids is 5. The predicted molar refractivity (Wildman–Crippen MR) is 137 cm³/mol. The molecule has 0 fully saturated rings. The zero-order chi connectivity index (χ0) is 30.4. The van der Waals surface area contributed by atoms with Gasteiger partial charge in [-0.25, -0.2) is 4.79 Å². The Labute approximate surface area is 228 Å². The number of benzene rings is 1. The van der Waals surface area contributed by atoms with Crippen LogP contribution in [-0.4, -0.2) is 81.0 Å². The largest absolute Gasteiger partial charge is 0.508 e. The Balaban J connectivity index is 3.07. The molecule has 0 aromatic heterocycles. The van der Waals surface area contributed by atoms with E-state index in [2.05, 4.69) is 16.0 Å². The summed E-state index contributed by atoms with van der Waals surface area (Å²) in [6.07, 6.45) is -2.22. The molecule has 1 aromatic rings. The Morgan fingerprint density at radius 3 is 1.60 bits per heavy atom. The molecule has 1 aromatic carbocycles. The van der Waals surface area contributed by atoms with Crippen LogP contribution in [0.3, 0.4) is 0 Å². The Bertz CT molecular complexity index is 1090. The van der Waals surface area contributed by atoms with E-state index in [0.29, 0.717) is 5.56 Å². The van der Waals surface area contributed by atoms with E-state index in [-0.39, 0.29) is 37.9 Å². The number of carbonyl (C=O) groups is 7. The standard InChI is InChI=1S/C24H34N6O10/c25-14(5-8-18(26)32)21(36)28-16(7-10-20(34)35)22(37)29-15(6-9-19(27)33)23(38)30-17(24(39)40)11-12-1-3-13(31)4-2-12/h1-4,14-17,31H,5-11,25H2,(H2,26,32)(H2,27,33)(H,28,36)(H,29,37)(H,30,38)(H,34,35)(H,39,40). The van der Waals surface area contributed by atoms with Crippen molar-refractivity contribution < 1.29 is 48.9 Å². The van der Waals surface area contributed by atoms with Gasteiger partial charge in [0.2, 0.25) is 29.5 Å². The van der Waals surface area contributed by atoms with Gasteiger partial charge in [0.25, 0.3) is 0 Å². The lowest BCUT2D eigenvalue weighted by Gasteiger charge is -2.25. The Morgan fingerprint density at radius 2 is 1.12 bits per heavy atom. The normalized spacial score (nSPS) is 13.6. The number of phenolic OH excluding ortho intramolecular Hbond substituents is 1. The zero-order valence-corrected chi connectivity index (χ0v) is 21.5. The minimum absolute atomic E-state index is 0.0488. The van der Waals surface area contributed by atoms with Gasteiger partial charge >= 0.3 is 11.9 Å². The molecule has 0 radical (unpaired) electrons. The molecular formula is C24H34N6O10. The lowest BCUT2D eigenvalue weighted by Crippen LogP contribution is -2.57. The van der Waals surface area contributed by atoms with E-state index in [9.17, 15) is 43.8 Å². The molecule has 4 atom stereocenters. The van der Waals surface area contributed by atoms with Crippen LogP contribution in [0.1, 0.15) is 44.1 Å². The topological polar surface area (TPSA) is 294 Å². The first kappa shape index (κ1) is 33.3. The van der Waals surface area contributed by atoms with E-state index in [1.165, 1.54) is 24.3 Å². The molecule has 16 nitrogen and oxygen atoms in total. The summed E-state index contributed by atoms with van der Waals surface area (Å²) in [6, 6.07) is -0.127. The predicted octanol–water partition coefficient (Wildman–Crippen LogP) is -2.80. The van der Waals surface area contributed by atoms with Gasteiger partial charge in [-0.15, -0.1) is 0 Å². The molecule has 4 unspecified atom stereocenters. The highest BCUT2D eigenvalue weighted by molar-refractivity contribution is 5.94. The molecule has 1 rings (SSSR count). The molecule has 40 heavy (non-hydrogen) atoms. The second kappa shape index (κ2) is 16.3. The van der Waals surface area contributed by atoms with E-state index < -0.39 is 78.5 Å². The molecule has 0 saturated heterocycles. The number of aromatic hydroxyl groups is 1. The van der Waals surface area contributed by atoms with Crippen molar-refractivity contribution in [1.29, 1.82) is 0 Å². The summed E-state index contributed by atoms with van der Waals surface area (Å²) in [5, 5.41) is 34.9. The molecule has 0 aliphatic carbocycles. The summed E-state index contributed by atoms with van der Waals surface area (Å²) >= 11 is 0. The maximum absolute atomic E-state index is 13.0. The fourth-order valence-electron chi connectivity index (χ4n) is 3.41. The van der Waals surface area contributed by atoms with E-state index in [4.69, 9.17) is 22.3 Å². The third-order valence-corrected chi connectivity index (χ3v) is 5.62. The maximum Gasteiger partial charge on any atom is 0.326 e. The molecule has 12 N–H and O–H groups in total. The number of hydrogen-bond acceptors (Lipinski definition) is 9. The number of nitrogens with two attached hydrogens (primary N) is 3. The number of carboxylic acid groups (broad SMARTS) is 2. The van der Waals surface area contributed by atoms with Gasteiger partial charge in [-0.05, 0) is 37.0 Å². The number of aliphatic carboxylic acids is 2. The van der Waals surface area contributed by atoms with Crippen molar-refractivity contribution in [2.75, 3.05) is 0 Å². The quantitative estimate of drug-likeness (QED) is 0.0873. The van der Waals surface area contributed by atoms with Gasteiger partial charge in [-0.1, -0.05) is 12.1 Å². The minimum atomic E-state index is -1.49. The second-order valence-electron chi connectivity index (χ2n) is 8.94. The van der Waals surface area contributed by atoms with Crippen molar-refractivity contribution >= 4 is 41.5 Å². The monoisotopic (exact) mass is 566 g/mol. The highest BCUT2D eigenvalue weighted by atomic mass is 16.4. The van der Waals surface area contributed by atoms with Crippen molar-refractivity contribution in [3.8, 4) is 5.75 Å². The Morgan fingerprint density at radius 1 is 0.675 bits per heavy atom. The molecule has 0 heterocycles. The van der Waals surface area contributed by atoms with Gasteiger partial charge in [0, 0.05) is 25.7 Å². The number of carboxylic acids is 2. The molecule has 0 aliphatic heterocycles. The minimum Gasteiger partial charge on any atom is -0.508 e. The van der Waals surface area contributed by atoms with Crippen molar-refractivity contribution in [3.05, 3.63) is 29.8 Å². The van der Waals surface area contributed by atoms with Gasteiger partial charge in [0.05, 0.1) is 6.04 Å². The smallest absolute Gasteiger partial charge is 0.326 e. The van der Waals surface area contributed by atoms with Crippen LogP contribution < -0.4 is 33.2 Å². The van der Waals surface area contributed by atoms with Crippen LogP contribution in [-0.2, 0) is 40.0 Å². The van der Waals surface area contributed by atoms with Crippen LogP contribution in [0.2, 0.25) is 0 Å². The molecule has 0 aliphatic rings. The number of nitrogens with one attached hydrogen (secondary N) is 3. The summed E-state index contributed by atoms with van der Waals surface area (Å²) in [7, 11) is 0. The highest BCUT2D eigenvalue weighted by Gasteiger charge is 2.31. The third kappa shape index (κ3) is 12.7. The number of primary amides is 2. The first-order chi connectivity index (χ1) is 18.7. The Kier molecular flexibility index (Phi) is 13.6. The molecular weight excluding hydrogens is 532 g/mol.